The first-order valence-corrected chi connectivity index (χ1v) is 10.4. The number of benzene rings is 2. The minimum Gasteiger partial charge on any atom is -0.481 e. The Morgan fingerprint density at radius 3 is 2.24 bits per heavy atom. The fourth-order valence-electron chi connectivity index (χ4n) is 3.83. The predicted molar refractivity (Wildman–Crippen MR) is 112 cm³/mol. The first kappa shape index (κ1) is 19.2. The number of carbonyl (C=O) groups is 2. The average molecular weight is 407 g/mol. The Labute approximate surface area is 173 Å². The van der Waals surface area contributed by atoms with Crippen LogP contribution in [0.25, 0.3) is 11.1 Å². The molecule has 1 heterocycles. The molecule has 0 fully saturated rings. The van der Waals surface area contributed by atoms with Crippen LogP contribution in [-0.4, -0.2) is 23.8 Å². The van der Waals surface area contributed by atoms with Crippen LogP contribution in [0.3, 0.4) is 0 Å². The lowest BCUT2D eigenvalue weighted by molar-refractivity contribution is -0.137. The summed E-state index contributed by atoms with van der Waals surface area (Å²) < 4.78 is 5.58. The van der Waals surface area contributed by atoms with Crippen molar-refractivity contribution >= 4 is 23.4 Å². The highest BCUT2D eigenvalue weighted by Gasteiger charge is 2.29. The summed E-state index contributed by atoms with van der Waals surface area (Å²) in [5, 5.41) is 13.7. The van der Waals surface area contributed by atoms with E-state index < -0.39 is 12.1 Å². The molecule has 5 nitrogen and oxygen atoms in total. The van der Waals surface area contributed by atoms with Gasteiger partial charge in [0.25, 0.3) is 0 Å². The average Bonchev–Trinajstić information content (AvgIpc) is 3.36. The van der Waals surface area contributed by atoms with Crippen molar-refractivity contribution in [3.63, 3.8) is 0 Å². The van der Waals surface area contributed by atoms with Crippen molar-refractivity contribution in [2.75, 3.05) is 6.61 Å². The van der Waals surface area contributed by atoms with E-state index in [-0.39, 0.29) is 25.0 Å². The minimum atomic E-state index is -0.888. The lowest BCUT2D eigenvalue weighted by Crippen LogP contribution is -2.30. The van der Waals surface area contributed by atoms with Gasteiger partial charge in [0, 0.05) is 17.2 Å². The summed E-state index contributed by atoms with van der Waals surface area (Å²) >= 11 is 1.49. The Kier molecular flexibility index (Phi) is 5.62. The number of carbonyl (C=O) groups excluding carboxylic acids is 1. The largest absolute Gasteiger partial charge is 0.481 e. The van der Waals surface area contributed by atoms with Crippen molar-refractivity contribution in [1.82, 2.24) is 5.32 Å². The van der Waals surface area contributed by atoms with Crippen LogP contribution in [0.4, 0.5) is 4.79 Å². The summed E-state index contributed by atoms with van der Waals surface area (Å²) in [6.07, 6.45) is -0.234. The zero-order valence-electron chi connectivity index (χ0n) is 15.7. The van der Waals surface area contributed by atoms with Crippen LogP contribution in [0, 0.1) is 0 Å². The number of carboxylic acid groups (broad SMARTS) is 1. The Balaban J connectivity index is 1.44. The number of amides is 1. The molecule has 4 rings (SSSR count). The van der Waals surface area contributed by atoms with Crippen molar-refractivity contribution in [3.8, 4) is 11.1 Å². The minimum absolute atomic E-state index is 0.00708. The van der Waals surface area contributed by atoms with E-state index in [1.807, 2.05) is 41.8 Å². The van der Waals surface area contributed by atoms with E-state index >= 15 is 0 Å². The van der Waals surface area contributed by atoms with Crippen LogP contribution in [0.1, 0.15) is 40.8 Å². The first-order valence-electron chi connectivity index (χ1n) is 9.50. The zero-order chi connectivity index (χ0) is 20.2. The van der Waals surface area contributed by atoms with Crippen molar-refractivity contribution in [1.29, 1.82) is 0 Å². The summed E-state index contributed by atoms with van der Waals surface area (Å²) in [4.78, 5) is 24.4. The van der Waals surface area contributed by atoms with Crippen LogP contribution >= 0.6 is 11.3 Å². The number of carboxylic acids is 1. The van der Waals surface area contributed by atoms with Crippen LogP contribution in [0.2, 0.25) is 0 Å². The van der Waals surface area contributed by atoms with Crippen LogP contribution in [0.15, 0.2) is 66.0 Å². The van der Waals surface area contributed by atoms with Crippen molar-refractivity contribution in [2.45, 2.75) is 24.8 Å². The Morgan fingerprint density at radius 2 is 1.66 bits per heavy atom. The maximum atomic E-state index is 12.5. The van der Waals surface area contributed by atoms with E-state index in [0.717, 1.165) is 16.0 Å². The van der Waals surface area contributed by atoms with Gasteiger partial charge in [-0.2, -0.15) is 0 Å². The zero-order valence-corrected chi connectivity index (χ0v) is 16.5. The van der Waals surface area contributed by atoms with Gasteiger partial charge in [-0.15, -0.1) is 11.3 Å². The SMILES string of the molecule is O=C(O)CCC(NC(=O)OCC1c2ccccc2-c2ccccc21)c1cccs1. The number of ether oxygens (including phenoxy) is 1. The highest BCUT2D eigenvalue weighted by atomic mass is 32.1. The number of aliphatic carboxylic acids is 1. The van der Waals surface area contributed by atoms with Gasteiger partial charge in [-0.3, -0.25) is 4.79 Å². The second-order valence-corrected chi connectivity index (χ2v) is 7.95. The molecule has 148 valence electrons. The van der Waals surface area contributed by atoms with E-state index in [0.29, 0.717) is 6.42 Å². The highest BCUT2D eigenvalue weighted by Crippen LogP contribution is 2.44. The molecule has 1 atom stereocenters. The monoisotopic (exact) mass is 407 g/mol. The van der Waals surface area contributed by atoms with Crippen LogP contribution in [-0.2, 0) is 9.53 Å². The molecule has 2 N–H and O–H groups in total. The van der Waals surface area contributed by atoms with E-state index in [1.54, 1.807) is 0 Å². The summed E-state index contributed by atoms with van der Waals surface area (Å²) in [5.74, 6) is -0.895. The molecule has 1 aromatic heterocycles. The molecule has 0 spiro atoms. The highest BCUT2D eigenvalue weighted by molar-refractivity contribution is 7.10. The molecule has 0 radical (unpaired) electrons. The van der Waals surface area contributed by atoms with E-state index in [1.165, 1.54) is 22.5 Å². The summed E-state index contributed by atoms with van der Waals surface area (Å²) in [5.41, 5.74) is 4.66. The molecule has 29 heavy (non-hydrogen) atoms. The number of hydrogen-bond acceptors (Lipinski definition) is 4. The van der Waals surface area contributed by atoms with Gasteiger partial charge in [0.2, 0.25) is 0 Å². The number of fused-ring (bicyclic) bond motifs is 3. The fraction of sp³-hybridized carbons (Fsp3) is 0.217. The molecule has 1 amide bonds. The Hall–Kier alpha value is -3.12. The molecule has 2 aromatic carbocycles. The smallest absolute Gasteiger partial charge is 0.407 e. The third kappa shape index (κ3) is 4.17. The maximum Gasteiger partial charge on any atom is 0.407 e. The molecule has 0 bridgehead atoms. The van der Waals surface area contributed by atoms with Crippen molar-refractivity contribution in [2.24, 2.45) is 0 Å². The van der Waals surface area contributed by atoms with E-state index in [2.05, 4.69) is 29.6 Å². The molecule has 1 aliphatic carbocycles. The van der Waals surface area contributed by atoms with Crippen LogP contribution < -0.4 is 5.32 Å². The second kappa shape index (κ2) is 8.49. The lowest BCUT2D eigenvalue weighted by atomic mass is 9.98. The molecular formula is C23H21NO4S. The standard InChI is InChI=1S/C23H21NO4S/c25-22(26)12-11-20(21-10-5-13-29-21)24-23(27)28-14-19-17-8-3-1-6-15(17)16-7-2-4-9-18(16)19/h1-10,13,19-20H,11-12,14H2,(H,24,27)(H,25,26). The van der Waals surface area contributed by atoms with Crippen molar-refractivity contribution < 1.29 is 19.4 Å². The molecule has 0 saturated heterocycles. The second-order valence-electron chi connectivity index (χ2n) is 6.97. The molecular weight excluding hydrogens is 386 g/mol. The van der Waals surface area contributed by atoms with Crippen molar-refractivity contribution in [3.05, 3.63) is 82.0 Å². The third-order valence-corrected chi connectivity index (χ3v) is 6.16. The Morgan fingerprint density at radius 1 is 1.00 bits per heavy atom. The van der Waals surface area contributed by atoms with Gasteiger partial charge < -0.3 is 15.2 Å². The normalized spacial score (nSPS) is 13.4. The maximum absolute atomic E-state index is 12.5. The van der Waals surface area contributed by atoms with Gasteiger partial charge in [0.15, 0.2) is 0 Å². The predicted octanol–water partition coefficient (Wildman–Crippen LogP) is 5.19. The number of nitrogens with one attached hydrogen (secondary N) is 1. The third-order valence-electron chi connectivity index (χ3n) is 5.17. The van der Waals surface area contributed by atoms with Gasteiger partial charge in [-0.25, -0.2) is 4.79 Å². The van der Waals surface area contributed by atoms with Gasteiger partial charge >= 0.3 is 12.1 Å². The van der Waals surface area contributed by atoms with Gasteiger partial charge in [0.1, 0.15) is 6.61 Å². The van der Waals surface area contributed by atoms with Gasteiger partial charge in [0.05, 0.1) is 6.04 Å². The van der Waals surface area contributed by atoms with Crippen LogP contribution in [0.5, 0.6) is 0 Å². The van der Waals surface area contributed by atoms with E-state index in [4.69, 9.17) is 9.84 Å². The summed E-state index contributed by atoms with van der Waals surface area (Å²) in [6, 6.07) is 19.7. The number of alkyl carbamates (subject to hydrolysis) is 1. The number of thiophene rings is 1. The van der Waals surface area contributed by atoms with Gasteiger partial charge in [-0.05, 0) is 40.1 Å². The molecule has 0 saturated carbocycles. The fourth-order valence-corrected chi connectivity index (χ4v) is 4.64. The molecule has 1 aliphatic rings. The summed E-state index contributed by atoms with van der Waals surface area (Å²) in [7, 11) is 0. The topological polar surface area (TPSA) is 75.6 Å². The van der Waals surface area contributed by atoms with E-state index in [9.17, 15) is 9.59 Å². The van der Waals surface area contributed by atoms with Gasteiger partial charge in [-0.1, -0.05) is 54.6 Å². The number of rotatable bonds is 7. The summed E-state index contributed by atoms with van der Waals surface area (Å²) in [6.45, 7) is 0.232. The lowest BCUT2D eigenvalue weighted by Gasteiger charge is -2.19. The first-order chi connectivity index (χ1) is 14.1. The molecule has 1 unspecified atom stereocenters. The molecule has 0 aliphatic heterocycles. The number of hydrogen-bond donors (Lipinski definition) is 2. The molecule has 3 aromatic rings. The Bertz CT molecular complexity index is 970. The molecule has 6 heteroatoms. The quantitative estimate of drug-likeness (QED) is 0.565.